The van der Waals surface area contributed by atoms with E-state index in [0.717, 1.165) is 14.2 Å². The molecule has 0 saturated carbocycles. The molecular formula is C10H12BrNO2S. The number of rotatable bonds is 3. The third-order valence-corrected chi connectivity index (χ3v) is 4.05. The molecule has 0 N–H and O–H groups in total. The van der Waals surface area contributed by atoms with Gasteiger partial charge in [-0.1, -0.05) is 13.8 Å². The Balaban J connectivity index is 3.07. The van der Waals surface area contributed by atoms with Crippen molar-refractivity contribution in [3.05, 3.63) is 36.1 Å². The minimum atomic E-state index is -0.312. The zero-order valence-corrected chi connectivity index (χ0v) is 11.2. The highest BCUT2D eigenvalue weighted by atomic mass is 79.9. The number of halogens is 1. The fourth-order valence-corrected chi connectivity index (χ4v) is 2.64. The monoisotopic (exact) mass is 289 g/mol. The molecule has 0 aliphatic rings. The molecule has 5 heteroatoms. The number of hydrogen-bond acceptors (Lipinski definition) is 3. The lowest BCUT2D eigenvalue weighted by Gasteiger charge is -1.99. The molecule has 0 aliphatic heterocycles. The minimum Gasteiger partial charge on any atom is -0.259 e. The molecule has 1 aromatic heterocycles. The van der Waals surface area contributed by atoms with E-state index in [4.69, 9.17) is 0 Å². The van der Waals surface area contributed by atoms with Gasteiger partial charge in [-0.2, -0.15) is 0 Å². The molecule has 0 spiro atoms. The van der Waals surface area contributed by atoms with Crippen LogP contribution in [0.1, 0.15) is 23.6 Å². The fourth-order valence-electron chi connectivity index (χ4n) is 1.13. The summed E-state index contributed by atoms with van der Waals surface area (Å²) >= 11 is 4.94. The molecule has 0 radical (unpaired) electrons. The van der Waals surface area contributed by atoms with Crippen molar-refractivity contribution in [2.45, 2.75) is 20.8 Å². The van der Waals surface area contributed by atoms with Crippen LogP contribution in [0, 0.1) is 23.0 Å². The number of nitrogens with zero attached hydrogens (tertiary/aromatic N) is 1. The minimum absolute atomic E-state index is 0.0684. The first kappa shape index (κ1) is 12.4. The second-order valence-corrected chi connectivity index (χ2v) is 5.68. The fraction of sp³-hybridized carbons (Fsp3) is 0.400. The van der Waals surface area contributed by atoms with Gasteiger partial charge in [-0.05, 0) is 28.9 Å². The highest BCUT2D eigenvalue weighted by Gasteiger charge is 2.16. The SMILES string of the molecule is Cc1sc(/C=C(/C(C)C)[N+](=O)[O-])cc1Br. The second kappa shape index (κ2) is 4.90. The standard InChI is InChI=1S/C10H12BrNO2S/c1-6(2)10(12(13)14)5-8-4-9(11)7(3)15-8/h4-6H,1-3H3/b10-5-. The molecule has 0 saturated heterocycles. The number of nitro groups is 1. The Morgan fingerprint density at radius 3 is 2.60 bits per heavy atom. The van der Waals surface area contributed by atoms with Crippen molar-refractivity contribution in [1.29, 1.82) is 0 Å². The van der Waals surface area contributed by atoms with Gasteiger partial charge in [0, 0.05) is 26.2 Å². The molecule has 82 valence electrons. The van der Waals surface area contributed by atoms with Crippen molar-refractivity contribution >= 4 is 33.3 Å². The maximum atomic E-state index is 10.8. The smallest absolute Gasteiger partial charge is 0.250 e. The van der Waals surface area contributed by atoms with Gasteiger partial charge in [0.05, 0.1) is 4.92 Å². The number of allylic oxidation sites excluding steroid dienone is 1. The summed E-state index contributed by atoms with van der Waals surface area (Å²) in [7, 11) is 0. The van der Waals surface area contributed by atoms with E-state index in [2.05, 4.69) is 15.9 Å². The molecule has 0 unspecified atom stereocenters. The zero-order chi connectivity index (χ0) is 11.6. The summed E-state index contributed by atoms with van der Waals surface area (Å²) in [6.07, 6.45) is 1.65. The Morgan fingerprint density at radius 1 is 1.67 bits per heavy atom. The summed E-state index contributed by atoms with van der Waals surface area (Å²) in [5, 5.41) is 10.8. The summed E-state index contributed by atoms with van der Waals surface area (Å²) in [4.78, 5) is 12.5. The van der Waals surface area contributed by atoms with Crippen LogP contribution in [0.15, 0.2) is 16.2 Å². The van der Waals surface area contributed by atoms with Gasteiger partial charge in [0.1, 0.15) is 0 Å². The second-order valence-electron chi connectivity index (χ2n) is 3.53. The molecule has 15 heavy (non-hydrogen) atoms. The maximum Gasteiger partial charge on any atom is 0.250 e. The number of hydrogen-bond donors (Lipinski definition) is 0. The van der Waals surface area contributed by atoms with Crippen LogP contribution in [0.3, 0.4) is 0 Å². The van der Waals surface area contributed by atoms with E-state index < -0.39 is 0 Å². The molecule has 0 atom stereocenters. The molecule has 0 fully saturated rings. The van der Waals surface area contributed by atoms with Gasteiger partial charge in [0.2, 0.25) is 5.70 Å². The van der Waals surface area contributed by atoms with E-state index in [1.165, 1.54) is 0 Å². The summed E-state index contributed by atoms with van der Waals surface area (Å²) in [6, 6.07) is 1.91. The Hall–Kier alpha value is -0.680. The van der Waals surface area contributed by atoms with Gasteiger partial charge in [-0.25, -0.2) is 0 Å². The van der Waals surface area contributed by atoms with Crippen molar-refractivity contribution < 1.29 is 4.92 Å². The van der Waals surface area contributed by atoms with Crippen LogP contribution < -0.4 is 0 Å². The summed E-state index contributed by atoms with van der Waals surface area (Å²) in [6.45, 7) is 5.63. The Labute approximate surface area is 101 Å². The predicted octanol–water partition coefficient (Wildman–Crippen LogP) is 4.09. The Kier molecular flexibility index (Phi) is 4.04. The molecule has 1 rings (SSSR count). The van der Waals surface area contributed by atoms with E-state index in [9.17, 15) is 10.1 Å². The molecule has 0 aromatic carbocycles. The lowest BCUT2D eigenvalue weighted by Crippen LogP contribution is -2.04. The number of thiophene rings is 1. The van der Waals surface area contributed by atoms with Gasteiger partial charge in [-0.3, -0.25) is 10.1 Å². The normalized spacial score (nSPS) is 12.2. The summed E-state index contributed by atoms with van der Waals surface area (Å²) in [5.74, 6) is -0.0684. The third-order valence-electron chi connectivity index (χ3n) is 1.97. The van der Waals surface area contributed by atoms with E-state index in [1.54, 1.807) is 17.4 Å². The highest BCUT2D eigenvalue weighted by Crippen LogP contribution is 2.29. The van der Waals surface area contributed by atoms with Crippen LogP contribution >= 0.6 is 27.3 Å². The van der Waals surface area contributed by atoms with Crippen molar-refractivity contribution in [2.75, 3.05) is 0 Å². The van der Waals surface area contributed by atoms with Crippen LogP contribution in [0.25, 0.3) is 6.08 Å². The molecule has 0 aliphatic carbocycles. The Bertz CT molecular complexity index is 390. The van der Waals surface area contributed by atoms with Gasteiger partial charge in [0.15, 0.2) is 0 Å². The van der Waals surface area contributed by atoms with E-state index >= 15 is 0 Å². The Morgan fingerprint density at radius 2 is 2.27 bits per heavy atom. The van der Waals surface area contributed by atoms with Crippen molar-refractivity contribution in [2.24, 2.45) is 5.92 Å². The van der Waals surface area contributed by atoms with Crippen molar-refractivity contribution in [1.82, 2.24) is 0 Å². The molecule has 0 amide bonds. The van der Waals surface area contributed by atoms with Crippen LogP contribution in [0.4, 0.5) is 0 Å². The summed E-state index contributed by atoms with van der Waals surface area (Å²) < 4.78 is 1.00. The molecular weight excluding hydrogens is 278 g/mol. The molecule has 1 heterocycles. The predicted molar refractivity (Wildman–Crippen MR) is 66.6 cm³/mol. The van der Waals surface area contributed by atoms with E-state index in [0.29, 0.717) is 0 Å². The van der Waals surface area contributed by atoms with Crippen LogP contribution in [0.2, 0.25) is 0 Å². The lowest BCUT2D eigenvalue weighted by atomic mass is 10.1. The maximum absolute atomic E-state index is 10.8. The third kappa shape index (κ3) is 3.14. The molecule has 1 aromatic rings. The molecule has 0 bridgehead atoms. The quantitative estimate of drug-likeness (QED) is 0.621. The van der Waals surface area contributed by atoms with Gasteiger partial charge in [0.25, 0.3) is 0 Å². The summed E-state index contributed by atoms with van der Waals surface area (Å²) in [5.41, 5.74) is 0.253. The average molecular weight is 290 g/mol. The van der Waals surface area contributed by atoms with Crippen molar-refractivity contribution in [3.63, 3.8) is 0 Å². The van der Waals surface area contributed by atoms with Gasteiger partial charge < -0.3 is 0 Å². The van der Waals surface area contributed by atoms with Crippen LogP contribution in [0.5, 0.6) is 0 Å². The average Bonchev–Trinajstić information content (AvgIpc) is 2.41. The topological polar surface area (TPSA) is 43.1 Å². The van der Waals surface area contributed by atoms with Gasteiger partial charge in [-0.15, -0.1) is 11.3 Å². The first-order valence-electron chi connectivity index (χ1n) is 4.53. The lowest BCUT2D eigenvalue weighted by molar-refractivity contribution is -0.431. The van der Waals surface area contributed by atoms with Crippen molar-refractivity contribution in [3.8, 4) is 0 Å². The number of aryl methyl sites for hydroxylation is 1. The van der Waals surface area contributed by atoms with Crippen LogP contribution in [-0.2, 0) is 0 Å². The largest absolute Gasteiger partial charge is 0.259 e. The van der Waals surface area contributed by atoms with Crippen LogP contribution in [-0.4, -0.2) is 4.92 Å². The first-order valence-corrected chi connectivity index (χ1v) is 6.14. The molecule has 3 nitrogen and oxygen atoms in total. The highest BCUT2D eigenvalue weighted by molar-refractivity contribution is 9.10. The van der Waals surface area contributed by atoms with E-state index in [-0.39, 0.29) is 16.5 Å². The first-order chi connectivity index (χ1) is 6.91. The van der Waals surface area contributed by atoms with E-state index in [1.807, 2.05) is 26.8 Å². The zero-order valence-electron chi connectivity index (χ0n) is 8.78. The van der Waals surface area contributed by atoms with Gasteiger partial charge >= 0.3 is 0 Å².